The number of fused-ring (bicyclic) bond motifs is 1. The normalized spacial score (nSPS) is 11.1. The summed E-state index contributed by atoms with van der Waals surface area (Å²) in [6.45, 7) is 1.54. The number of nitrogens with zero attached hydrogens (tertiary/aromatic N) is 4. The predicted molar refractivity (Wildman–Crippen MR) is 135 cm³/mol. The van der Waals surface area contributed by atoms with E-state index in [1.54, 1.807) is 61.8 Å². The Morgan fingerprint density at radius 2 is 1.94 bits per heavy atom. The first-order valence-corrected chi connectivity index (χ1v) is 11.7. The van der Waals surface area contributed by atoms with Gasteiger partial charge < -0.3 is 24.8 Å². The van der Waals surface area contributed by atoms with Crippen LogP contribution in [0.4, 0.5) is 5.82 Å². The summed E-state index contributed by atoms with van der Waals surface area (Å²) in [4.78, 5) is 22.3. The molecule has 10 nitrogen and oxygen atoms in total. The van der Waals surface area contributed by atoms with Gasteiger partial charge in [0.25, 0.3) is 0 Å². The summed E-state index contributed by atoms with van der Waals surface area (Å²) < 4.78 is 17.8. The van der Waals surface area contributed by atoms with Crippen LogP contribution >= 0.6 is 11.3 Å². The number of ether oxygens (including phenoxy) is 3. The Kier molecular flexibility index (Phi) is 7.78. The number of benzene rings is 1. The van der Waals surface area contributed by atoms with Crippen LogP contribution in [-0.4, -0.2) is 53.5 Å². The molecular formula is C24H26N6O4S. The molecule has 1 amide bonds. The number of anilines is 1. The van der Waals surface area contributed by atoms with Crippen LogP contribution < -0.4 is 24.8 Å². The quantitative estimate of drug-likeness (QED) is 0.305. The lowest BCUT2D eigenvalue weighted by Gasteiger charge is -2.12. The molecule has 0 unspecified atom stereocenters. The second kappa shape index (κ2) is 11.3. The van der Waals surface area contributed by atoms with Gasteiger partial charge in [0.2, 0.25) is 11.7 Å². The number of aromatic nitrogens is 4. The minimum absolute atomic E-state index is 0.233. The number of methoxy groups -OCH3 is 3. The smallest absolute Gasteiger partial charge is 0.244 e. The molecule has 4 aromatic rings. The first kappa shape index (κ1) is 24.0. The van der Waals surface area contributed by atoms with E-state index >= 15 is 0 Å². The van der Waals surface area contributed by atoms with Crippen molar-refractivity contribution in [2.75, 3.05) is 33.2 Å². The van der Waals surface area contributed by atoms with E-state index in [1.165, 1.54) is 17.3 Å². The lowest BCUT2D eigenvalue weighted by molar-refractivity contribution is -0.116. The van der Waals surface area contributed by atoms with Crippen LogP contribution in [-0.2, 0) is 17.9 Å². The van der Waals surface area contributed by atoms with Gasteiger partial charge in [0.05, 0.1) is 46.0 Å². The number of carbonyl (C=O) groups excluding carboxylic acids is 1. The van der Waals surface area contributed by atoms with E-state index in [9.17, 15) is 4.79 Å². The fraction of sp³-hybridized carbons (Fsp3) is 0.250. The van der Waals surface area contributed by atoms with Gasteiger partial charge in [0.15, 0.2) is 17.1 Å². The molecule has 182 valence electrons. The maximum Gasteiger partial charge on any atom is 0.244 e. The van der Waals surface area contributed by atoms with Gasteiger partial charge in [-0.25, -0.2) is 14.6 Å². The van der Waals surface area contributed by atoms with Crippen molar-refractivity contribution in [1.29, 1.82) is 0 Å². The van der Waals surface area contributed by atoms with Crippen molar-refractivity contribution in [1.82, 2.24) is 25.1 Å². The molecule has 0 bridgehead atoms. The van der Waals surface area contributed by atoms with E-state index in [0.717, 1.165) is 16.8 Å². The zero-order chi connectivity index (χ0) is 24.6. The molecule has 0 saturated carbocycles. The van der Waals surface area contributed by atoms with Crippen molar-refractivity contribution in [3.05, 3.63) is 58.7 Å². The number of amides is 1. The predicted octanol–water partition coefficient (Wildman–Crippen LogP) is 3.36. The van der Waals surface area contributed by atoms with Crippen molar-refractivity contribution in [3.63, 3.8) is 0 Å². The maximum atomic E-state index is 12.3. The third-order valence-corrected chi connectivity index (χ3v) is 6.06. The summed E-state index contributed by atoms with van der Waals surface area (Å²) in [6.07, 6.45) is 6.38. The van der Waals surface area contributed by atoms with Gasteiger partial charge in [-0.3, -0.25) is 4.79 Å². The van der Waals surface area contributed by atoms with Crippen molar-refractivity contribution >= 4 is 40.2 Å². The first-order chi connectivity index (χ1) is 17.1. The maximum absolute atomic E-state index is 12.3. The van der Waals surface area contributed by atoms with Gasteiger partial charge in [0, 0.05) is 17.5 Å². The molecule has 0 aliphatic rings. The molecular weight excluding hydrogens is 468 g/mol. The second-order valence-electron chi connectivity index (χ2n) is 7.34. The average molecular weight is 495 g/mol. The third-order valence-electron chi connectivity index (χ3n) is 5.18. The van der Waals surface area contributed by atoms with Gasteiger partial charge in [-0.1, -0.05) is 6.07 Å². The highest BCUT2D eigenvalue weighted by Gasteiger charge is 2.13. The Hall–Kier alpha value is -4.12. The molecule has 0 aliphatic heterocycles. The third kappa shape index (κ3) is 5.69. The largest absolute Gasteiger partial charge is 0.493 e. The van der Waals surface area contributed by atoms with Gasteiger partial charge in [-0.2, -0.15) is 5.10 Å². The van der Waals surface area contributed by atoms with E-state index in [4.69, 9.17) is 14.2 Å². The Labute approximate surface area is 206 Å². The molecule has 2 N–H and O–H groups in total. The van der Waals surface area contributed by atoms with Crippen molar-refractivity contribution in [2.45, 2.75) is 13.1 Å². The molecule has 0 saturated heterocycles. The lowest BCUT2D eigenvalue weighted by Crippen LogP contribution is -2.25. The Bertz CT molecular complexity index is 1290. The standard InChI is InChI=1S/C24H26N6O4S/c1-32-19-11-16(12-20(33-2)22(19)34-3)6-7-21(31)25-8-9-30-24-18(14-29-30)23(27-15-28-24)26-13-17-5-4-10-35-17/h4-7,10-12,14-15H,8-9,13H2,1-3H3,(H,25,31)(H,26,27,28)/b7-6+. The van der Waals surface area contributed by atoms with Crippen molar-refractivity contribution in [3.8, 4) is 17.2 Å². The average Bonchev–Trinajstić information content (AvgIpc) is 3.56. The summed E-state index contributed by atoms with van der Waals surface area (Å²) in [5, 5.41) is 13.5. The molecule has 35 heavy (non-hydrogen) atoms. The molecule has 1 aromatic carbocycles. The number of thiophene rings is 1. The first-order valence-electron chi connectivity index (χ1n) is 10.8. The topological polar surface area (TPSA) is 112 Å². The zero-order valence-corrected chi connectivity index (χ0v) is 20.5. The SMILES string of the molecule is COc1cc(/C=C/C(=O)NCCn2ncc3c(NCc4cccs4)ncnc32)cc(OC)c1OC. The van der Waals surface area contributed by atoms with E-state index in [2.05, 4.69) is 31.8 Å². The van der Waals surface area contributed by atoms with Crippen molar-refractivity contribution < 1.29 is 19.0 Å². The highest BCUT2D eigenvalue weighted by molar-refractivity contribution is 7.09. The van der Waals surface area contributed by atoms with Crippen LogP contribution in [0, 0.1) is 0 Å². The molecule has 0 atom stereocenters. The van der Waals surface area contributed by atoms with E-state index in [-0.39, 0.29) is 5.91 Å². The molecule has 11 heteroatoms. The lowest BCUT2D eigenvalue weighted by atomic mass is 10.1. The summed E-state index contributed by atoms with van der Waals surface area (Å²) in [7, 11) is 4.63. The second-order valence-corrected chi connectivity index (χ2v) is 8.38. The number of hydrogen-bond acceptors (Lipinski definition) is 9. The van der Waals surface area contributed by atoms with Crippen LogP contribution in [0.2, 0.25) is 0 Å². The Morgan fingerprint density at radius 1 is 1.14 bits per heavy atom. The number of carbonyl (C=O) groups is 1. The molecule has 0 aliphatic carbocycles. The van der Waals surface area contributed by atoms with Crippen LogP contribution in [0.15, 0.2) is 48.2 Å². The fourth-order valence-electron chi connectivity index (χ4n) is 3.49. The highest BCUT2D eigenvalue weighted by Crippen LogP contribution is 2.38. The summed E-state index contributed by atoms with van der Waals surface area (Å²) >= 11 is 1.68. The van der Waals surface area contributed by atoms with Crippen molar-refractivity contribution in [2.24, 2.45) is 0 Å². The summed E-state index contributed by atoms with van der Waals surface area (Å²) in [6, 6.07) is 7.62. The summed E-state index contributed by atoms with van der Waals surface area (Å²) in [5.74, 6) is 2.03. The number of hydrogen-bond donors (Lipinski definition) is 2. The molecule has 0 spiro atoms. The molecule has 3 heterocycles. The summed E-state index contributed by atoms with van der Waals surface area (Å²) in [5.41, 5.74) is 1.45. The zero-order valence-electron chi connectivity index (χ0n) is 19.6. The molecule has 0 radical (unpaired) electrons. The van der Waals surface area contributed by atoms with Gasteiger partial charge >= 0.3 is 0 Å². The van der Waals surface area contributed by atoms with Gasteiger partial charge in [-0.15, -0.1) is 11.3 Å². The van der Waals surface area contributed by atoms with Crippen LogP contribution in [0.3, 0.4) is 0 Å². The van der Waals surface area contributed by atoms with E-state index in [0.29, 0.717) is 42.5 Å². The minimum atomic E-state index is -0.233. The van der Waals surface area contributed by atoms with E-state index < -0.39 is 0 Å². The van der Waals surface area contributed by atoms with Crippen LogP contribution in [0.25, 0.3) is 17.1 Å². The number of nitrogens with one attached hydrogen (secondary N) is 2. The van der Waals surface area contributed by atoms with Crippen LogP contribution in [0.1, 0.15) is 10.4 Å². The molecule has 3 aromatic heterocycles. The Morgan fingerprint density at radius 3 is 2.63 bits per heavy atom. The molecule has 0 fully saturated rings. The monoisotopic (exact) mass is 494 g/mol. The van der Waals surface area contributed by atoms with Crippen LogP contribution in [0.5, 0.6) is 17.2 Å². The van der Waals surface area contributed by atoms with Gasteiger partial charge in [0.1, 0.15) is 12.1 Å². The van der Waals surface area contributed by atoms with Gasteiger partial charge in [-0.05, 0) is 35.2 Å². The number of rotatable bonds is 11. The highest BCUT2D eigenvalue weighted by atomic mass is 32.1. The minimum Gasteiger partial charge on any atom is -0.493 e. The molecule has 4 rings (SSSR count). The fourth-order valence-corrected chi connectivity index (χ4v) is 4.14. The van der Waals surface area contributed by atoms with E-state index in [1.807, 2.05) is 11.4 Å². The Balaban J connectivity index is 1.35.